The van der Waals surface area contributed by atoms with Crippen molar-refractivity contribution in [1.82, 2.24) is 9.55 Å². The van der Waals surface area contributed by atoms with Gasteiger partial charge in [0.25, 0.3) is 0 Å². The van der Waals surface area contributed by atoms with Crippen molar-refractivity contribution in [1.29, 1.82) is 0 Å². The summed E-state index contributed by atoms with van der Waals surface area (Å²) >= 11 is 0. The summed E-state index contributed by atoms with van der Waals surface area (Å²) in [6.07, 6.45) is 7.33. The zero-order valence-electron chi connectivity index (χ0n) is 8.39. The number of aryl methyl sites for hydroxylation is 1. The van der Waals surface area contributed by atoms with Crippen molar-refractivity contribution in [3.8, 4) is 0 Å². The molecule has 0 fully saturated rings. The molecule has 0 atom stereocenters. The van der Waals surface area contributed by atoms with Crippen LogP contribution in [0.1, 0.15) is 11.3 Å². The van der Waals surface area contributed by atoms with E-state index in [1.165, 1.54) is 12.1 Å². The number of benzene rings is 1. The summed E-state index contributed by atoms with van der Waals surface area (Å²) in [6, 6.07) is 6.36. The third-order valence-corrected chi connectivity index (χ3v) is 2.16. The molecular formula is C12H11FN2. The van der Waals surface area contributed by atoms with Gasteiger partial charge in [-0.1, -0.05) is 12.1 Å². The summed E-state index contributed by atoms with van der Waals surface area (Å²) in [6.45, 7) is 1.97. The van der Waals surface area contributed by atoms with E-state index in [4.69, 9.17) is 0 Å². The van der Waals surface area contributed by atoms with Crippen LogP contribution < -0.4 is 0 Å². The first-order valence-electron chi connectivity index (χ1n) is 4.68. The quantitative estimate of drug-likeness (QED) is 0.732. The van der Waals surface area contributed by atoms with E-state index in [-0.39, 0.29) is 5.82 Å². The fraction of sp³-hybridized carbons (Fsp3) is 0.0833. The van der Waals surface area contributed by atoms with Gasteiger partial charge in [0.2, 0.25) is 0 Å². The second-order valence-electron chi connectivity index (χ2n) is 3.31. The smallest absolute Gasteiger partial charge is 0.123 e. The molecule has 2 rings (SSSR count). The van der Waals surface area contributed by atoms with Crippen molar-refractivity contribution in [2.45, 2.75) is 6.92 Å². The largest absolute Gasteiger partial charge is 0.310 e. The maximum absolute atomic E-state index is 12.6. The summed E-state index contributed by atoms with van der Waals surface area (Å²) in [7, 11) is 0. The van der Waals surface area contributed by atoms with E-state index >= 15 is 0 Å². The molecule has 3 heteroatoms. The lowest BCUT2D eigenvalue weighted by Crippen LogP contribution is -1.85. The Kier molecular flexibility index (Phi) is 2.63. The van der Waals surface area contributed by atoms with Gasteiger partial charge in [0.15, 0.2) is 0 Å². The third-order valence-electron chi connectivity index (χ3n) is 2.16. The second kappa shape index (κ2) is 4.09. The first-order chi connectivity index (χ1) is 7.25. The molecule has 0 aliphatic carbocycles. The molecule has 0 aliphatic heterocycles. The third kappa shape index (κ3) is 2.31. The highest BCUT2D eigenvalue weighted by molar-refractivity contribution is 5.60. The van der Waals surface area contributed by atoms with Crippen molar-refractivity contribution in [3.63, 3.8) is 0 Å². The highest BCUT2D eigenvalue weighted by atomic mass is 19.1. The monoisotopic (exact) mass is 202 g/mol. The molecule has 1 heterocycles. The molecule has 0 bridgehead atoms. The zero-order valence-corrected chi connectivity index (χ0v) is 8.39. The van der Waals surface area contributed by atoms with E-state index in [0.29, 0.717) is 0 Å². The topological polar surface area (TPSA) is 17.8 Å². The fourth-order valence-electron chi connectivity index (χ4n) is 1.27. The maximum atomic E-state index is 12.6. The van der Waals surface area contributed by atoms with Gasteiger partial charge < -0.3 is 4.57 Å². The Labute approximate surface area is 87.7 Å². The summed E-state index contributed by atoms with van der Waals surface area (Å²) in [5, 5.41) is 0. The van der Waals surface area contributed by atoms with E-state index < -0.39 is 0 Å². The SMILES string of the molecule is Cc1cncn1/C=C\c1ccc(F)cc1. The minimum atomic E-state index is -0.217. The first-order valence-corrected chi connectivity index (χ1v) is 4.68. The van der Waals surface area contributed by atoms with Crippen LogP contribution in [0.5, 0.6) is 0 Å². The van der Waals surface area contributed by atoms with Crippen molar-refractivity contribution in [3.05, 3.63) is 53.9 Å². The normalized spacial score (nSPS) is 11.1. The average Bonchev–Trinajstić information content (AvgIpc) is 2.63. The van der Waals surface area contributed by atoms with Gasteiger partial charge in [0, 0.05) is 18.1 Å². The molecule has 1 aromatic heterocycles. The molecule has 1 aromatic carbocycles. The average molecular weight is 202 g/mol. The van der Waals surface area contributed by atoms with Gasteiger partial charge in [-0.25, -0.2) is 9.37 Å². The Morgan fingerprint density at radius 1 is 1.27 bits per heavy atom. The Balaban J connectivity index is 2.19. The standard InChI is InChI=1S/C12H11FN2/c1-10-8-14-9-15(10)7-6-11-2-4-12(13)5-3-11/h2-9H,1H3/b7-6-. The van der Waals surface area contributed by atoms with Crippen molar-refractivity contribution in [2.75, 3.05) is 0 Å². The molecule has 0 saturated carbocycles. The maximum Gasteiger partial charge on any atom is 0.123 e. The van der Waals surface area contributed by atoms with Gasteiger partial charge >= 0.3 is 0 Å². The number of imidazole rings is 1. The number of nitrogens with zero attached hydrogens (tertiary/aromatic N) is 2. The highest BCUT2D eigenvalue weighted by Crippen LogP contribution is 2.06. The van der Waals surface area contributed by atoms with Crippen LogP contribution in [-0.2, 0) is 0 Å². The minimum absolute atomic E-state index is 0.217. The number of halogens is 1. The van der Waals surface area contributed by atoms with E-state index in [2.05, 4.69) is 4.98 Å². The summed E-state index contributed by atoms with van der Waals surface area (Å²) in [5.74, 6) is -0.217. The van der Waals surface area contributed by atoms with E-state index in [0.717, 1.165) is 11.3 Å². The highest BCUT2D eigenvalue weighted by Gasteiger charge is 1.91. The van der Waals surface area contributed by atoms with Gasteiger partial charge in [0.1, 0.15) is 5.82 Å². The Hall–Kier alpha value is -1.90. The fourth-order valence-corrected chi connectivity index (χ4v) is 1.27. The van der Waals surface area contributed by atoms with Crippen LogP contribution in [0.15, 0.2) is 36.8 Å². The molecule has 15 heavy (non-hydrogen) atoms. The molecular weight excluding hydrogens is 191 g/mol. The predicted octanol–water partition coefficient (Wildman–Crippen LogP) is 2.96. The molecule has 2 nitrogen and oxygen atoms in total. The van der Waals surface area contributed by atoms with Gasteiger partial charge in [-0.15, -0.1) is 0 Å². The predicted molar refractivity (Wildman–Crippen MR) is 58.6 cm³/mol. The molecule has 76 valence electrons. The summed E-state index contributed by atoms with van der Waals surface area (Å²) in [5.41, 5.74) is 2.03. The van der Waals surface area contributed by atoms with Crippen LogP contribution >= 0.6 is 0 Å². The lowest BCUT2D eigenvalue weighted by molar-refractivity contribution is 0.628. The number of aromatic nitrogens is 2. The molecule has 0 N–H and O–H groups in total. The second-order valence-corrected chi connectivity index (χ2v) is 3.31. The number of hydrogen-bond donors (Lipinski definition) is 0. The van der Waals surface area contributed by atoms with E-state index in [1.54, 1.807) is 24.7 Å². The van der Waals surface area contributed by atoms with Gasteiger partial charge in [-0.2, -0.15) is 0 Å². The van der Waals surface area contributed by atoms with Gasteiger partial charge in [0.05, 0.1) is 6.33 Å². The van der Waals surface area contributed by atoms with Crippen LogP contribution in [0.4, 0.5) is 4.39 Å². The summed E-state index contributed by atoms with van der Waals surface area (Å²) < 4.78 is 14.5. The number of hydrogen-bond acceptors (Lipinski definition) is 1. The summed E-state index contributed by atoms with van der Waals surface area (Å²) in [4.78, 5) is 4.00. The lowest BCUT2D eigenvalue weighted by atomic mass is 10.2. The Bertz CT molecular complexity index is 469. The number of rotatable bonds is 2. The molecule has 0 spiro atoms. The van der Waals surface area contributed by atoms with Gasteiger partial charge in [-0.3, -0.25) is 0 Å². The van der Waals surface area contributed by atoms with Crippen LogP contribution in [0.25, 0.3) is 12.3 Å². The van der Waals surface area contributed by atoms with Crippen LogP contribution in [0, 0.1) is 12.7 Å². The van der Waals surface area contributed by atoms with Crippen molar-refractivity contribution < 1.29 is 4.39 Å². The van der Waals surface area contributed by atoms with Crippen LogP contribution in [-0.4, -0.2) is 9.55 Å². The van der Waals surface area contributed by atoms with Gasteiger partial charge in [-0.05, 0) is 30.7 Å². The lowest BCUT2D eigenvalue weighted by Gasteiger charge is -1.96. The Morgan fingerprint density at radius 3 is 2.60 bits per heavy atom. The molecule has 0 radical (unpaired) electrons. The van der Waals surface area contributed by atoms with Crippen LogP contribution in [0.3, 0.4) is 0 Å². The molecule has 0 saturated heterocycles. The van der Waals surface area contributed by atoms with Crippen molar-refractivity contribution in [2.24, 2.45) is 0 Å². The van der Waals surface area contributed by atoms with E-state index in [1.807, 2.05) is 23.8 Å². The first kappa shape index (κ1) is 9.65. The Morgan fingerprint density at radius 2 is 2.00 bits per heavy atom. The van der Waals surface area contributed by atoms with Crippen molar-refractivity contribution >= 4 is 12.3 Å². The molecule has 0 unspecified atom stereocenters. The van der Waals surface area contributed by atoms with Crippen LogP contribution in [0.2, 0.25) is 0 Å². The molecule has 0 amide bonds. The van der Waals surface area contributed by atoms with E-state index in [9.17, 15) is 4.39 Å². The molecule has 2 aromatic rings. The zero-order chi connectivity index (χ0) is 10.7. The molecule has 0 aliphatic rings. The minimum Gasteiger partial charge on any atom is -0.310 e.